The van der Waals surface area contributed by atoms with Crippen LogP contribution in [0.15, 0.2) is 22.6 Å². The van der Waals surface area contributed by atoms with Gasteiger partial charge in [0.05, 0.1) is 0 Å². The topological polar surface area (TPSA) is 55.3 Å². The third-order valence-corrected chi connectivity index (χ3v) is 2.61. The first-order chi connectivity index (χ1) is 7.61. The number of benzene rings is 1. The molecular formula is C12H17N3O. The molecule has 1 aromatic carbocycles. The Morgan fingerprint density at radius 3 is 2.81 bits per heavy atom. The monoisotopic (exact) mass is 219 g/mol. The molecule has 0 saturated carbocycles. The van der Waals surface area contributed by atoms with Crippen LogP contribution in [-0.2, 0) is 0 Å². The lowest BCUT2D eigenvalue weighted by Crippen LogP contribution is -2.30. The molecule has 0 aliphatic heterocycles. The van der Waals surface area contributed by atoms with E-state index in [4.69, 9.17) is 10.2 Å². The minimum absolute atomic E-state index is 0.371. The highest BCUT2D eigenvalue weighted by Crippen LogP contribution is 2.24. The Morgan fingerprint density at radius 2 is 2.19 bits per heavy atom. The van der Waals surface area contributed by atoms with Gasteiger partial charge in [0.25, 0.3) is 6.01 Å². The molecule has 0 atom stereocenters. The van der Waals surface area contributed by atoms with Gasteiger partial charge in [0.1, 0.15) is 5.52 Å². The van der Waals surface area contributed by atoms with E-state index in [0.29, 0.717) is 17.7 Å². The van der Waals surface area contributed by atoms with Crippen LogP contribution in [0, 0.1) is 0 Å². The Morgan fingerprint density at radius 1 is 1.44 bits per heavy atom. The first kappa shape index (κ1) is 10.8. The number of aromatic nitrogens is 1. The third kappa shape index (κ3) is 1.83. The second kappa shape index (κ2) is 4.04. The fourth-order valence-electron chi connectivity index (χ4n) is 1.77. The SMILES string of the molecule is CCN(c1nc2ccc(N)cc2o1)C(C)C. The maximum absolute atomic E-state index is 5.70. The van der Waals surface area contributed by atoms with Crippen LogP contribution in [0.5, 0.6) is 0 Å². The molecule has 0 aliphatic carbocycles. The van der Waals surface area contributed by atoms with Crippen LogP contribution >= 0.6 is 0 Å². The van der Waals surface area contributed by atoms with Crippen LogP contribution in [0.4, 0.5) is 11.7 Å². The molecular weight excluding hydrogens is 202 g/mol. The number of hydrogen-bond acceptors (Lipinski definition) is 4. The van der Waals surface area contributed by atoms with Crippen molar-refractivity contribution in [2.45, 2.75) is 26.8 Å². The van der Waals surface area contributed by atoms with E-state index in [0.717, 1.165) is 17.6 Å². The Kier molecular flexibility index (Phi) is 2.73. The minimum atomic E-state index is 0.371. The molecule has 0 saturated heterocycles. The van der Waals surface area contributed by atoms with Crippen molar-refractivity contribution in [3.05, 3.63) is 18.2 Å². The molecule has 0 bridgehead atoms. The molecule has 1 heterocycles. The number of rotatable bonds is 3. The molecule has 0 spiro atoms. The van der Waals surface area contributed by atoms with Crippen LogP contribution < -0.4 is 10.6 Å². The van der Waals surface area contributed by atoms with Crippen molar-refractivity contribution in [2.75, 3.05) is 17.2 Å². The lowest BCUT2D eigenvalue weighted by molar-refractivity contribution is 0.545. The maximum Gasteiger partial charge on any atom is 0.298 e. The van der Waals surface area contributed by atoms with Crippen molar-refractivity contribution >= 4 is 22.8 Å². The van der Waals surface area contributed by atoms with Gasteiger partial charge in [-0.15, -0.1) is 0 Å². The average molecular weight is 219 g/mol. The largest absolute Gasteiger partial charge is 0.423 e. The smallest absolute Gasteiger partial charge is 0.298 e. The molecule has 2 aromatic rings. The van der Waals surface area contributed by atoms with Crippen LogP contribution in [0.2, 0.25) is 0 Å². The van der Waals surface area contributed by atoms with Gasteiger partial charge in [-0.05, 0) is 32.9 Å². The van der Waals surface area contributed by atoms with Gasteiger partial charge in [-0.1, -0.05) is 0 Å². The fourth-order valence-corrected chi connectivity index (χ4v) is 1.77. The molecule has 0 amide bonds. The highest BCUT2D eigenvalue weighted by Gasteiger charge is 2.15. The van der Waals surface area contributed by atoms with E-state index in [2.05, 4.69) is 30.7 Å². The normalized spacial score (nSPS) is 11.2. The van der Waals surface area contributed by atoms with Crippen molar-refractivity contribution in [2.24, 2.45) is 0 Å². The molecule has 86 valence electrons. The van der Waals surface area contributed by atoms with Crippen molar-refractivity contribution < 1.29 is 4.42 Å². The summed E-state index contributed by atoms with van der Waals surface area (Å²) < 4.78 is 5.70. The van der Waals surface area contributed by atoms with Crippen LogP contribution in [0.25, 0.3) is 11.1 Å². The summed E-state index contributed by atoms with van der Waals surface area (Å²) in [7, 11) is 0. The number of anilines is 2. The summed E-state index contributed by atoms with van der Waals surface area (Å²) in [5.74, 6) is 0. The van der Waals surface area contributed by atoms with Crippen LogP contribution in [0.3, 0.4) is 0 Å². The van der Waals surface area contributed by atoms with Gasteiger partial charge < -0.3 is 15.1 Å². The lowest BCUT2D eigenvalue weighted by atomic mass is 10.3. The summed E-state index contributed by atoms with van der Waals surface area (Å²) >= 11 is 0. The van der Waals surface area contributed by atoms with Gasteiger partial charge in [-0.2, -0.15) is 4.98 Å². The van der Waals surface area contributed by atoms with E-state index in [9.17, 15) is 0 Å². The third-order valence-electron chi connectivity index (χ3n) is 2.61. The van der Waals surface area contributed by atoms with Gasteiger partial charge >= 0.3 is 0 Å². The van der Waals surface area contributed by atoms with Crippen molar-refractivity contribution in [1.82, 2.24) is 4.98 Å². The standard InChI is InChI=1S/C12H17N3O/c1-4-15(8(2)3)12-14-10-6-5-9(13)7-11(10)16-12/h5-8H,4,13H2,1-3H3. The van der Waals surface area contributed by atoms with Gasteiger partial charge in [0.2, 0.25) is 0 Å². The van der Waals surface area contributed by atoms with E-state index in [1.54, 1.807) is 6.07 Å². The summed E-state index contributed by atoms with van der Waals surface area (Å²) in [6.07, 6.45) is 0. The molecule has 2 N–H and O–H groups in total. The highest BCUT2D eigenvalue weighted by molar-refractivity contribution is 5.78. The zero-order chi connectivity index (χ0) is 11.7. The molecule has 16 heavy (non-hydrogen) atoms. The van der Waals surface area contributed by atoms with Gasteiger partial charge in [0.15, 0.2) is 5.58 Å². The number of nitrogens with zero attached hydrogens (tertiary/aromatic N) is 2. The predicted molar refractivity (Wildman–Crippen MR) is 66.6 cm³/mol. The molecule has 2 rings (SSSR count). The van der Waals surface area contributed by atoms with Gasteiger partial charge in [-0.3, -0.25) is 0 Å². The van der Waals surface area contributed by atoms with Crippen molar-refractivity contribution in [3.63, 3.8) is 0 Å². The molecule has 0 aliphatic rings. The van der Waals surface area contributed by atoms with Crippen LogP contribution in [-0.4, -0.2) is 17.6 Å². The number of nitrogen functional groups attached to an aromatic ring is 1. The van der Waals surface area contributed by atoms with E-state index in [1.807, 2.05) is 12.1 Å². The summed E-state index contributed by atoms with van der Waals surface area (Å²) in [5.41, 5.74) is 7.99. The molecule has 4 nitrogen and oxygen atoms in total. The Bertz CT molecular complexity index is 490. The van der Waals surface area contributed by atoms with E-state index >= 15 is 0 Å². The number of fused-ring (bicyclic) bond motifs is 1. The Labute approximate surface area is 95.1 Å². The van der Waals surface area contributed by atoms with E-state index < -0.39 is 0 Å². The fraction of sp³-hybridized carbons (Fsp3) is 0.417. The van der Waals surface area contributed by atoms with Crippen molar-refractivity contribution in [1.29, 1.82) is 0 Å². The summed E-state index contributed by atoms with van der Waals surface area (Å²) in [4.78, 5) is 6.56. The first-order valence-electron chi connectivity index (χ1n) is 5.54. The zero-order valence-corrected chi connectivity index (χ0v) is 9.90. The maximum atomic E-state index is 5.70. The molecule has 1 aromatic heterocycles. The van der Waals surface area contributed by atoms with E-state index in [1.165, 1.54) is 0 Å². The molecule has 0 fully saturated rings. The van der Waals surface area contributed by atoms with Crippen molar-refractivity contribution in [3.8, 4) is 0 Å². The second-order valence-electron chi connectivity index (χ2n) is 4.10. The zero-order valence-electron chi connectivity index (χ0n) is 9.90. The van der Waals surface area contributed by atoms with Gasteiger partial charge in [0, 0.05) is 24.3 Å². The van der Waals surface area contributed by atoms with E-state index in [-0.39, 0.29) is 0 Å². The number of oxazole rings is 1. The first-order valence-corrected chi connectivity index (χ1v) is 5.54. The lowest BCUT2D eigenvalue weighted by Gasteiger charge is -2.22. The molecule has 4 heteroatoms. The molecule has 0 unspecified atom stereocenters. The second-order valence-corrected chi connectivity index (χ2v) is 4.10. The summed E-state index contributed by atoms with van der Waals surface area (Å²) in [5, 5.41) is 0. The molecule has 0 radical (unpaired) electrons. The predicted octanol–water partition coefficient (Wildman–Crippen LogP) is 2.64. The number of hydrogen-bond donors (Lipinski definition) is 1. The minimum Gasteiger partial charge on any atom is -0.423 e. The summed E-state index contributed by atoms with van der Waals surface area (Å²) in [6, 6.07) is 6.56. The average Bonchev–Trinajstić information content (AvgIpc) is 2.60. The Hall–Kier alpha value is -1.71. The Balaban J connectivity index is 2.45. The van der Waals surface area contributed by atoms with Gasteiger partial charge in [-0.25, -0.2) is 0 Å². The number of nitrogens with two attached hydrogens (primary N) is 1. The highest BCUT2D eigenvalue weighted by atomic mass is 16.4. The quantitative estimate of drug-likeness (QED) is 0.806. The summed E-state index contributed by atoms with van der Waals surface area (Å²) in [6.45, 7) is 7.20. The van der Waals surface area contributed by atoms with Crippen LogP contribution in [0.1, 0.15) is 20.8 Å².